The number of pyridine rings is 1. The maximum Gasteiger partial charge on any atom is 0.275 e. The van der Waals surface area contributed by atoms with E-state index in [1.807, 2.05) is 42.5 Å². The van der Waals surface area contributed by atoms with Crippen molar-refractivity contribution in [2.24, 2.45) is 21.8 Å². The Kier molecular flexibility index (Phi) is 4.54. The minimum absolute atomic E-state index is 0.0470. The third-order valence-corrected chi connectivity index (χ3v) is 7.72. The lowest BCUT2D eigenvalue weighted by Crippen LogP contribution is -2.34. The van der Waals surface area contributed by atoms with Crippen molar-refractivity contribution in [3.8, 4) is 16.9 Å². The summed E-state index contributed by atoms with van der Waals surface area (Å²) < 4.78 is 1.73. The molecule has 2 aliphatic carbocycles. The molecule has 1 amide bonds. The second-order valence-electron chi connectivity index (χ2n) is 9.41. The topological polar surface area (TPSA) is 72.2 Å². The molecule has 0 radical (unpaired) electrons. The molecule has 0 saturated heterocycles. The second kappa shape index (κ2) is 7.15. The highest BCUT2D eigenvalue weighted by Gasteiger charge is 2.60. The summed E-state index contributed by atoms with van der Waals surface area (Å²) in [6.45, 7) is 6.96. The number of carbonyl (C=O) groups is 1. The number of carbonyl (C=O) groups excluding carboxylic acids is 1. The van der Waals surface area contributed by atoms with Crippen molar-refractivity contribution in [3.05, 3.63) is 66.6 Å². The summed E-state index contributed by atoms with van der Waals surface area (Å²) in [5, 5.41) is 9.32. The van der Waals surface area contributed by atoms with E-state index in [0.29, 0.717) is 17.2 Å². The summed E-state index contributed by atoms with van der Waals surface area (Å²) >= 11 is 0. The van der Waals surface area contributed by atoms with Gasteiger partial charge in [-0.2, -0.15) is 10.2 Å². The molecule has 3 aromatic rings. The number of benzene rings is 1. The van der Waals surface area contributed by atoms with Gasteiger partial charge in [0.15, 0.2) is 0 Å². The lowest BCUT2D eigenvalue weighted by atomic mass is 9.70. The molecule has 0 unspecified atom stereocenters. The summed E-state index contributed by atoms with van der Waals surface area (Å²) in [6.07, 6.45) is 8.53. The number of nitrogens with one attached hydrogen (secondary N) is 1. The smallest absolute Gasteiger partial charge is 0.267 e. The number of hydrogen-bond acceptors (Lipinski definition) is 4. The Bertz CT molecular complexity index is 1150. The average molecular weight is 414 g/mol. The van der Waals surface area contributed by atoms with Gasteiger partial charge in [-0.15, -0.1) is 0 Å². The van der Waals surface area contributed by atoms with E-state index in [0.717, 1.165) is 29.8 Å². The monoisotopic (exact) mass is 413 g/mol. The van der Waals surface area contributed by atoms with Crippen LogP contribution >= 0.6 is 0 Å². The lowest BCUT2D eigenvalue weighted by Gasteiger charge is -2.34. The molecule has 5 rings (SSSR count). The molecule has 0 spiro atoms. The Morgan fingerprint density at radius 3 is 2.61 bits per heavy atom. The van der Waals surface area contributed by atoms with Gasteiger partial charge in [-0.25, -0.2) is 10.1 Å². The molecule has 31 heavy (non-hydrogen) atoms. The normalized spacial score (nSPS) is 25.1. The summed E-state index contributed by atoms with van der Waals surface area (Å²) in [5.74, 6) is 0.387. The van der Waals surface area contributed by atoms with E-state index in [2.05, 4.69) is 36.3 Å². The van der Waals surface area contributed by atoms with Crippen LogP contribution in [0.5, 0.6) is 0 Å². The molecule has 6 heteroatoms. The molecule has 1 aromatic carbocycles. The predicted octanol–water partition coefficient (Wildman–Crippen LogP) is 4.87. The average Bonchev–Trinajstić information content (AvgIpc) is 3.39. The van der Waals surface area contributed by atoms with Gasteiger partial charge in [0.2, 0.25) is 0 Å². The molecule has 2 aliphatic rings. The van der Waals surface area contributed by atoms with E-state index >= 15 is 0 Å². The van der Waals surface area contributed by atoms with E-state index < -0.39 is 0 Å². The van der Waals surface area contributed by atoms with Crippen molar-refractivity contribution < 1.29 is 4.79 Å². The molecular weight excluding hydrogens is 386 g/mol. The van der Waals surface area contributed by atoms with E-state index in [9.17, 15) is 4.79 Å². The van der Waals surface area contributed by atoms with Crippen LogP contribution in [0.4, 0.5) is 0 Å². The van der Waals surface area contributed by atoms with Gasteiger partial charge in [0.25, 0.3) is 5.91 Å². The number of amides is 1. The molecule has 2 atom stereocenters. The van der Waals surface area contributed by atoms with Gasteiger partial charge in [-0.05, 0) is 54.9 Å². The Balaban J connectivity index is 1.48. The van der Waals surface area contributed by atoms with Crippen LogP contribution in [-0.2, 0) is 0 Å². The van der Waals surface area contributed by atoms with Crippen LogP contribution in [0.2, 0.25) is 0 Å². The zero-order valence-corrected chi connectivity index (χ0v) is 18.2. The minimum atomic E-state index is -0.252. The number of rotatable bonds is 4. The van der Waals surface area contributed by atoms with Gasteiger partial charge in [0, 0.05) is 35.3 Å². The van der Waals surface area contributed by atoms with E-state index in [4.69, 9.17) is 5.10 Å². The molecule has 2 saturated carbocycles. The number of hydrazone groups is 1. The van der Waals surface area contributed by atoms with Crippen molar-refractivity contribution in [1.82, 2.24) is 20.2 Å². The maximum absolute atomic E-state index is 13.2. The van der Waals surface area contributed by atoms with Gasteiger partial charge >= 0.3 is 0 Å². The number of para-hydroxylation sites is 1. The molecular formula is C25H27N5O. The molecule has 158 valence electrons. The standard InChI is InChI=1S/C25H27N5O/c1-24(2)18-11-12-25(24,3)21(14-18)27-28-23(31)20-16-30(19-9-5-4-6-10-19)29-22(20)17-8-7-13-26-15-17/h4-10,13,15-16,18H,11-12,14H2,1-3H3,(H,28,31)/b27-21+/t18-,25-/m0/s1. The molecule has 2 bridgehead atoms. The third kappa shape index (κ3) is 3.09. The van der Waals surface area contributed by atoms with Gasteiger partial charge in [0.1, 0.15) is 5.69 Å². The Morgan fingerprint density at radius 2 is 1.97 bits per heavy atom. The quantitative estimate of drug-likeness (QED) is 0.621. The fraction of sp³-hybridized carbons (Fsp3) is 0.360. The zero-order chi connectivity index (χ0) is 21.6. The summed E-state index contributed by atoms with van der Waals surface area (Å²) in [6, 6.07) is 13.5. The Morgan fingerprint density at radius 1 is 1.16 bits per heavy atom. The molecule has 2 aromatic heterocycles. The van der Waals surface area contributed by atoms with Crippen molar-refractivity contribution in [2.75, 3.05) is 0 Å². The van der Waals surface area contributed by atoms with Gasteiger partial charge in [0.05, 0.1) is 11.3 Å². The highest BCUT2D eigenvalue weighted by Crippen LogP contribution is 2.63. The fourth-order valence-corrected chi connectivity index (χ4v) is 5.25. The van der Waals surface area contributed by atoms with Crippen LogP contribution in [0.1, 0.15) is 50.4 Å². The van der Waals surface area contributed by atoms with E-state index in [1.165, 1.54) is 6.42 Å². The lowest BCUT2D eigenvalue weighted by molar-refractivity contribution is 0.0954. The summed E-state index contributed by atoms with van der Waals surface area (Å²) in [4.78, 5) is 17.4. The largest absolute Gasteiger partial charge is 0.275 e. The number of hydrogen-bond donors (Lipinski definition) is 1. The third-order valence-electron chi connectivity index (χ3n) is 7.72. The maximum atomic E-state index is 13.2. The Hall–Kier alpha value is -3.28. The van der Waals surface area contributed by atoms with Crippen molar-refractivity contribution in [1.29, 1.82) is 0 Å². The fourth-order valence-electron chi connectivity index (χ4n) is 5.25. The molecule has 2 heterocycles. The van der Waals surface area contributed by atoms with Crippen LogP contribution in [0.3, 0.4) is 0 Å². The van der Waals surface area contributed by atoms with Crippen molar-refractivity contribution >= 4 is 11.6 Å². The summed E-state index contributed by atoms with van der Waals surface area (Å²) in [5.41, 5.74) is 6.97. The van der Waals surface area contributed by atoms with Crippen LogP contribution in [0.15, 0.2) is 66.2 Å². The zero-order valence-electron chi connectivity index (χ0n) is 18.2. The Labute approximate surface area is 182 Å². The van der Waals surface area contributed by atoms with Gasteiger partial charge < -0.3 is 0 Å². The van der Waals surface area contributed by atoms with Crippen molar-refractivity contribution in [3.63, 3.8) is 0 Å². The number of aromatic nitrogens is 3. The highest BCUT2D eigenvalue weighted by atomic mass is 16.2. The van der Waals surface area contributed by atoms with Crippen molar-refractivity contribution in [2.45, 2.75) is 40.0 Å². The first-order chi connectivity index (χ1) is 14.9. The van der Waals surface area contributed by atoms with Crippen LogP contribution in [0, 0.1) is 16.7 Å². The molecule has 1 N–H and O–H groups in total. The van der Waals surface area contributed by atoms with Crippen LogP contribution < -0.4 is 5.43 Å². The minimum Gasteiger partial charge on any atom is -0.267 e. The summed E-state index contributed by atoms with van der Waals surface area (Å²) in [7, 11) is 0. The van der Waals surface area contributed by atoms with E-state index in [1.54, 1.807) is 23.3 Å². The highest BCUT2D eigenvalue weighted by molar-refractivity contribution is 6.01. The van der Waals surface area contributed by atoms with E-state index in [-0.39, 0.29) is 16.7 Å². The molecule has 6 nitrogen and oxygen atoms in total. The van der Waals surface area contributed by atoms with Gasteiger partial charge in [-0.1, -0.05) is 39.0 Å². The first-order valence-corrected chi connectivity index (χ1v) is 10.8. The van der Waals surface area contributed by atoms with Crippen LogP contribution in [0.25, 0.3) is 16.9 Å². The predicted molar refractivity (Wildman–Crippen MR) is 121 cm³/mol. The SMILES string of the molecule is CC1(C)[C@H]2CC[C@@]1(C)/C(=N/NC(=O)c1cn(-c3ccccc3)nc1-c1cccnc1)C2. The second-order valence-corrected chi connectivity index (χ2v) is 9.41. The number of fused-ring (bicyclic) bond motifs is 2. The van der Waals surface area contributed by atoms with Crippen LogP contribution in [-0.4, -0.2) is 26.4 Å². The first kappa shape index (κ1) is 19.7. The number of nitrogens with zero attached hydrogens (tertiary/aromatic N) is 4. The first-order valence-electron chi connectivity index (χ1n) is 10.8. The molecule has 0 aliphatic heterocycles. The van der Waals surface area contributed by atoms with Gasteiger partial charge in [-0.3, -0.25) is 9.78 Å². The molecule has 2 fully saturated rings.